The van der Waals surface area contributed by atoms with E-state index in [0.29, 0.717) is 6.54 Å². The van der Waals surface area contributed by atoms with Crippen molar-refractivity contribution < 1.29 is 4.79 Å². The zero-order chi connectivity index (χ0) is 15.4. The Balaban J connectivity index is 1.89. The summed E-state index contributed by atoms with van der Waals surface area (Å²) >= 11 is 7.45. The van der Waals surface area contributed by atoms with Crippen LogP contribution in [0.1, 0.15) is 16.0 Å². The summed E-state index contributed by atoms with van der Waals surface area (Å²) in [5.74, 6) is -0.00731. The van der Waals surface area contributed by atoms with Gasteiger partial charge in [-0.15, -0.1) is 11.3 Å². The first-order valence-corrected chi connectivity index (χ1v) is 7.93. The molecule has 0 bridgehead atoms. The molecule has 0 saturated heterocycles. The summed E-state index contributed by atoms with van der Waals surface area (Å²) in [4.78, 5) is 15.2. The van der Waals surface area contributed by atoms with Gasteiger partial charge in [0.1, 0.15) is 0 Å². The second-order valence-corrected chi connectivity index (χ2v) is 7.04. The lowest BCUT2D eigenvalue weighted by molar-refractivity contribution is -0.117. The summed E-state index contributed by atoms with van der Waals surface area (Å²) in [6.45, 7) is 5.11. The molecule has 0 aliphatic heterocycles. The van der Waals surface area contributed by atoms with Gasteiger partial charge in [-0.25, -0.2) is 0 Å². The highest BCUT2D eigenvalue weighted by Crippen LogP contribution is 2.22. The Labute approximate surface area is 134 Å². The van der Waals surface area contributed by atoms with E-state index >= 15 is 0 Å². The molecule has 1 heterocycles. The van der Waals surface area contributed by atoms with E-state index < -0.39 is 0 Å². The molecule has 1 aromatic heterocycles. The van der Waals surface area contributed by atoms with Gasteiger partial charge in [-0.2, -0.15) is 0 Å². The Hall–Kier alpha value is -1.36. The predicted octanol–water partition coefficient (Wildman–Crippen LogP) is 4.09. The number of nitrogens with zero attached hydrogens (tertiary/aromatic N) is 1. The molecule has 0 fully saturated rings. The molecule has 0 aliphatic rings. The van der Waals surface area contributed by atoms with Gasteiger partial charge in [-0.1, -0.05) is 29.3 Å². The van der Waals surface area contributed by atoms with Crippen molar-refractivity contribution in [1.82, 2.24) is 4.90 Å². The maximum absolute atomic E-state index is 12.1. The van der Waals surface area contributed by atoms with Crippen molar-refractivity contribution in [3.63, 3.8) is 0 Å². The minimum atomic E-state index is -0.00731. The number of nitrogens with one attached hydrogen (secondary N) is 1. The van der Waals surface area contributed by atoms with E-state index in [4.69, 9.17) is 11.6 Å². The van der Waals surface area contributed by atoms with Crippen LogP contribution in [-0.2, 0) is 11.3 Å². The molecule has 0 atom stereocenters. The molecule has 1 aromatic carbocycles. The molecule has 1 N–H and O–H groups in total. The third-order valence-electron chi connectivity index (χ3n) is 3.12. The normalized spacial score (nSPS) is 10.9. The molecule has 0 spiro atoms. The summed E-state index contributed by atoms with van der Waals surface area (Å²) in [7, 11) is 1.93. The predicted molar refractivity (Wildman–Crippen MR) is 90.2 cm³/mol. The first-order valence-electron chi connectivity index (χ1n) is 6.74. The largest absolute Gasteiger partial charge is 0.325 e. The molecule has 2 rings (SSSR count). The smallest absolute Gasteiger partial charge is 0.238 e. The number of benzene rings is 1. The summed E-state index contributed by atoms with van der Waals surface area (Å²) in [6, 6.07) is 9.88. The molecular weight excluding hydrogens is 304 g/mol. The zero-order valence-corrected chi connectivity index (χ0v) is 14.0. The summed E-state index contributed by atoms with van der Waals surface area (Å²) in [5.41, 5.74) is 3.14. The molecule has 0 radical (unpaired) electrons. The van der Waals surface area contributed by atoms with Gasteiger partial charge in [-0.3, -0.25) is 9.69 Å². The van der Waals surface area contributed by atoms with Gasteiger partial charge in [0.15, 0.2) is 0 Å². The average Bonchev–Trinajstić information content (AvgIpc) is 2.78. The van der Waals surface area contributed by atoms with Gasteiger partial charge < -0.3 is 5.32 Å². The van der Waals surface area contributed by atoms with Crippen molar-refractivity contribution in [2.45, 2.75) is 20.4 Å². The van der Waals surface area contributed by atoms with Gasteiger partial charge in [0.05, 0.1) is 10.9 Å². The molecule has 2 aromatic rings. The second-order valence-electron chi connectivity index (χ2n) is 5.24. The van der Waals surface area contributed by atoms with Crippen LogP contribution in [0.25, 0.3) is 0 Å². The maximum Gasteiger partial charge on any atom is 0.238 e. The third kappa shape index (κ3) is 4.84. The lowest BCUT2D eigenvalue weighted by Crippen LogP contribution is -2.29. The van der Waals surface area contributed by atoms with Crippen LogP contribution in [0.15, 0.2) is 30.3 Å². The van der Waals surface area contributed by atoms with E-state index in [1.165, 1.54) is 5.56 Å². The van der Waals surface area contributed by atoms with E-state index in [1.54, 1.807) is 11.3 Å². The highest BCUT2D eigenvalue weighted by Gasteiger charge is 2.10. The van der Waals surface area contributed by atoms with E-state index in [9.17, 15) is 4.79 Å². The Kier molecular flexibility index (Phi) is 5.39. The minimum Gasteiger partial charge on any atom is -0.325 e. The number of hydrogen-bond donors (Lipinski definition) is 1. The minimum absolute atomic E-state index is 0.00731. The summed E-state index contributed by atoms with van der Waals surface area (Å²) < 4.78 is 0.776. The van der Waals surface area contributed by atoms with Gasteiger partial charge in [0.25, 0.3) is 0 Å². The fraction of sp³-hybridized carbons (Fsp3) is 0.312. The lowest BCUT2D eigenvalue weighted by Gasteiger charge is -2.16. The Bertz CT molecular complexity index is 639. The Morgan fingerprint density at radius 3 is 2.67 bits per heavy atom. The van der Waals surface area contributed by atoms with Gasteiger partial charge in [-0.05, 0) is 44.7 Å². The van der Waals surface area contributed by atoms with Crippen LogP contribution >= 0.6 is 22.9 Å². The number of thiophene rings is 1. The quantitative estimate of drug-likeness (QED) is 0.899. The number of rotatable bonds is 5. The number of carbonyl (C=O) groups excluding carboxylic acids is 1. The Morgan fingerprint density at radius 1 is 1.29 bits per heavy atom. The molecule has 0 aliphatic carbocycles. The van der Waals surface area contributed by atoms with E-state index in [2.05, 4.69) is 11.4 Å². The monoisotopic (exact) mass is 322 g/mol. The van der Waals surface area contributed by atoms with Crippen LogP contribution in [-0.4, -0.2) is 24.4 Å². The van der Waals surface area contributed by atoms with E-state index in [-0.39, 0.29) is 5.91 Å². The van der Waals surface area contributed by atoms with Crippen molar-refractivity contribution in [3.8, 4) is 0 Å². The molecule has 21 heavy (non-hydrogen) atoms. The first kappa shape index (κ1) is 16.0. The van der Waals surface area contributed by atoms with Crippen LogP contribution in [0.2, 0.25) is 4.34 Å². The number of hydrogen-bond acceptors (Lipinski definition) is 3. The fourth-order valence-electron chi connectivity index (χ4n) is 2.15. The number of anilines is 1. The van der Waals surface area contributed by atoms with Crippen LogP contribution in [0, 0.1) is 13.8 Å². The van der Waals surface area contributed by atoms with Gasteiger partial charge >= 0.3 is 0 Å². The third-order valence-corrected chi connectivity index (χ3v) is 4.34. The van der Waals surface area contributed by atoms with Crippen molar-refractivity contribution in [2.75, 3.05) is 18.9 Å². The zero-order valence-electron chi connectivity index (χ0n) is 12.4. The highest BCUT2D eigenvalue weighted by molar-refractivity contribution is 7.16. The van der Waals surface area contributed by atoms with Gasteiger partial charge in [0.2, 0.25) is 5.91 Å². The van der Waals surface area contributed by atoms with E-state index in [1.807, 2.05) is 50.1 Å². The second kappa shape index (κ2) is 7.07. The average molecular weight is 323 g/mol. The summed E-state index contributed by atoms with van der Waals surface area (Å²) in [6.07, 6.45) is 0. The van der Waals surface area contributed by atoms with Crippen LogP contribution in [0.3, 0.4) is 0 Å². The topological polar surface area (TPSA) is 32.3 Å². The molecule has 1 amide bonds. The molecule has 5 heteroatoms. The van der Waals surface area contributed by atoms with Crippen molar-refractivity contribution in [3.05, 3.63) is 50.7 Å². The fourth-order valence-corrected chi connectivity index (χ4v) is 3.32. The van der Waals surface area contributed by atoms with E-state index in [0.717, 1.165) is 27.0 Å². The Morgan fingerprint density at radius 2 is 2.05 bits per heavy atom. The standard InChI is InChI=1S/C16H19ClN2OS/c1-11-4-6-14(12(2)8-11)18-16(20)10-19(3)9-13-5-7-15(17)21-13/h4-8H,9-10H2,1-3H3,(H,18,20). The number of carbonyl (C=O) groups is 1. The number of halogens is 1. The summed E-state index contributed by atoms with van der Waals surface area (Å²) in [5, 5.41) is 2.96. The highest BCUT2D eigenvalue weighted by atomic mass is 35.5. The first-order chi connectivity index (χ1) is 9.94. The molecule has 0 saturated carbocycles. The van der Waals surface area contributed by atoms with Crippen molar-refractivity contribution in [2.24, 2.45) is 0 Å². The van der Waals surface area contributed by atoms with Crippen LogP contribution < -0.4 is 5.32 Å². The molecule has 3 nitrogen and oxygen atoms in total. The van der Waals surface area contributed by atoms with Crippen LogP contribution in [0.4, 0.5) is 5.69 Å². The SMILES string of the molecule is Cc1ccc(NC(=O)CN(C)Cc2ccc(Cl)s2)c(C)c1. The molecule has 112 valence electrons. The van der Waals surface area contributed by atoms with Crippen molar-refractivity contribution in [1.29, 1.82) is 0 Å². The molecular formula is C16H19ClN2OS. The number of amides is 1. The van der Waals surface area contributed by atoms with Crippen LogP contribution in [0.5, 0.6) is 0 Å². The number of aryl methyl sites for hydroxylation is 2. The lowest BCUT2D eigenvalue weighted by atomic mass is 10.1. The maximum atomic E-state index is 12.1. The number of likely N-dealkylation sites (N-methyl/N-ethyl adjacent to an activating group) is 1. The van der Waals surface area contributed by atoms with Gasteiger partial charge in [0, 0.05) is 17.1 Å². The van der Waals surface area contributed by atoms with Crippen molar-refractivity contribution >= 4 is 34.5 Å². The molecule has 0 unspecified atom stereocenters.